The average Bonchev–Trinajstić information content (AvgIpc) is 2.40. The third-order valence-electron chi connectivity index (χ3n) is 3.26. The number of hydrogen-bond acceptors (Lipinski definition) is 2. The first-order valence-electron chi connectivity index (χ1n) is 7.23. The van der Waals surface area contributed by atoms with E-state index in [1.54, 1.807) is 0 Å². The van der Waals surface area contributed by atoms with E-state index in [4.69, 9.17) is 5.73 Å². The molecular weight excluding hydrogens is 236 g/mol. The largest absolute Gasteiger partial charge is 0.352 e. The molecule has 0 heterocycles. The summed E-state index contributed by atoms with van der Waals surface area (Å²) in [4.78, 5) is 12.0. The van der Waals surface area contributed by atoms with E-state index in [0.717, 1.165) is 18.4 Å². The van der Waals surface area contributed by atoms with Crippen molar-refractivity contribution in [2.24, 2.45) is 5.73 Å². The van der Waals surface area contributed by atoms with Gasteiger partial charge in [0.25, 0.3) is 0 Å². The molecule has 1 amide bonds. The number of carbonyl (C=O) groups is 1. The Kier molecular flexibility index (Phi) is 7.19. The number of benzene rings is 1. The maximum Gasteiger partial charge on any atom is 0.237 e. The van der Waals surface area contributed by atoms with Gasteiger partial charge in [0, 0.05) is 6.04 Å². The molecule has 0 aliphatic rings. The Morgan fingerprint density at radius 3 is 2.58 bits per heavy atom. The summed E-state index contributed by atoms with van der Waals surface area (Å²) in [6, 6.07) is 9.64. The Morgan fingerprint density at radius 2 is 1.95 bits per heavy atom. The molecule has 0 fully saturated rings. The lowest BCUT2D eigenvalue weighted by molar-refractivity contribution is -0.123. The maximum atomic E-state index is 12.0. The van der Waals surface area contributed by atoms with Gasteiger partial charge in [-0.3, -0.25) is 4.79 Å². The fourth-order valence-electron chi connectivity index (χ4n) is 2.08. The molecule has 2 atom stereocenters. The fraction of sp³-hybridized carbons (Fsp3) is 0.562. The summed E-state index contributed by atoms with van der Waals surface area (Å²) in [6.07, 6.45) is 5.20. The molecule has 106 valence electrons. The molecule has 0 aromatic heterocycles. The molecule has 0 saturated carbocycles. The molecule has 3 heteroatoms. The molecule has 0 saturated heterocycles. The smallest absolute Gasteiger partial charge is 0.237 e. The number of rotatable bonds is 8. The Balaban J connectivity index is 2.32. The van der Waals surface area contributed by atoms with Gasteiger partial charge in [-0.25, -0.2) is 0 Å². The number of amides is 1. The summed E-state index contributed by atoms with van der Waals surface area (Å²) in [5.41, 5.74) is 7.04. The Hall–Kier alpha value is -1.35. The summed E-state index contributed by atoms with van der Waals surface area (Å²) in [7, 11) is 0. The second-order valence-electron chi connectivity index (χ2n) is 5.20. The molecule has 19 heavy (non-hydrogen) atoms. The van der Waals surface area contributed by atoms with Crippen LogP contribution in [0.15, 0.2) is 30.3 Å². The topological polar surface area (TPSA) is 55.1 Å². The van der Waals surface area contributed by atoms with Crippen LogP contribution in [0.4, 0.5) is 0 Å². The number of nitrogens with one attached hydrogen (secondary N) is 1. The Labute approximate surface area is 116 Å². The first kappa shape index (κ1) is 15.7. The quantitative estimate of drug-likeness (QED) is 0.708. The maximum absolute atomic E-state index is 12.0. The molecule has 3 nitrogen and oxygen atoms in total. The van der Waals surface area contributed by atoms with Crippen LogP contribution in [-0.4, -0.2) is 18.0 Å². The van der Waals surface area contributed by atoms with Crippen LogP contribution in [0.2, 0.25) is 0 Å². The van der Waals surface area contributed by atoms with Crippen LogP contribution in [0.1, 0.15) is 45.1 Å². The first-order chi connectivity index (χ1) is 9.13. The average molecular weight is 262 g/mol. The van der Waals surface area contributed by atoms with Crippen LogP contribution >= 0.6 is 0 Å². The van der Waals surface area contributed by atoms with Gasteiger partial charge in [-0.15, -0.1) is 0 Å². The van der Waals surface area contributed by atoms with Crippen LogP contribution in [-0.2, 0) is 11.2 Å². The van der Waals surface area contributed by atoms with Gasteiger partial charge in [-0.2, -0.15) is 0 Å². The van der Waals surface area contributed by atoms with Gasteiger partial charge >= 0.3 is 0 Å². The van der Waals surface area contributed by atoms with Crippen LogP contribution in [0.5, 0.6) is 0 Å². The lowest BCUT2D eigenvalue weighted by atomic mass is 10.1. The van der Waals surface area contributed by atoms with Gasteiger partial charge in [0.05, 0.1) is 6.04 Å². The highest BCUT2D eigenvalue weighted by molar-refractivity contribution is 5.82. The molecule has 0 spiro atoms. The number of nitrogens with two attached hydrogens (primary N) is 1. The zero-order chi connectivity index (χ0) is 14.1. The van der Waals surface area contributed by atoms with Gasteiger partial charge in [0.2, 0.25) is 5.91 Å². The summed E-state index contributed by atoms with van der Waals surface area (Å²) in [5.74, 6) is -0.0483. The molecule has 3 N–H and O–H groups in total. The highest BCUT2D eigenvalue weighted by atomic mass is 16.2. The minimum atomic E-state index is -0.462. The minimum Gasteiger partial charge on any atom is -0.352 e. The highest BCUT2D eigenvalue weighted by Gasteiger charge is 2.15. The predicted octanol–water partition coefficient (Wildman–Crippen LogP) is 2.64. The van der Waals surface area contributed by atoms with Crippen molar-refractivity contribution in [3.63, 3.8) is 0 Å². The predicted molar refractivity (Wildman–Crippen MR) is 79.9 cm³/mol. The molecule has 0 radical (unpaired) electrons. The van der Waals surface area contributed by atoms with E-state index in [1.807, 2.05) is 37.3 Å². The summed E-state index contributed by atoms with van der Waals surface area (Å²) < 4.78 is 0. The Morgan fingerprint density at radius 1 is 1.26 bits per heavy atom. The summed E-state index contributed by atoms with van der Waals surface area (Å²) >= 11 is 0. The molecule has 1 aromatic rings. The molecule has 0 aliphatic carbocycles. The zero-order valence-corrected chi connectivity index (χ0v) is 12.1. The van der Waals surface area contributed by atoms with Crippen molar-refractivity contribution in [1.29, 1.82) is 0 Å². The Bertz CT molecular complexity index is 364. The van der Waals surface area contributed by atoms with Gasteiger partial charge in [0.15, 0.2) is 0 Å². The first-order valence-corrected chi connectivity index (χ1v) is 7.23. The summed E-state index contributed by atoms with van der Waals surface area (Å²) in [6.45, 7) is 4.22. The lowest BCUT2D eigenvalue weighted by Gasteiger charge is -2.17. The number of carbonyl (C=O) groups excluding carboxylic acids is 1. The van der Waals surface area contributed by atoms with Crippen LogP contribution in [0.3, 0.4) is 0 Å². The second kappa shape index (κ2) is 8.70. The van der Waals surface area contributed by atoms with E-state index < -0.39 is 6.04 Å². The summed E-state index contributed by atoms with van der Waals surface area (Å²) in [5, 5.41) is 2.99. The van der Waals surface area contributed by atoms with Crippen molar-refractivity contribution in [2.45, 2.75) is 58.0 Å². The van der Waals surface area contributed by atoms with Crippen LogP contribution in [0, 0.1) is 0 Å². The van der Waals surface area contributed by atoms with Crippen molar-refractivity contribution < 1.29 is 4.79 Å². The molecule has 1 unspecified atom stereocenters. The fourth-order valence-corrected chi connectivity index (χ4v) is 2.08. The van der Waals surface area contributed by atoms with Gasteiger partial charge in [-0.05, 0) is 25.3 Å². The van der Waals surface area contributed by atoms with Gasteiger partial charge in [0.1, 0.15) is 0 Å². The van der Waals surface area contributed by atoms with E-state index >= 15 is 0 Å². The van der Waals surface area contributed by atoms with E-state index in [9.17, 15) is 4.79 Å². The van der Waals surface area contributed by atoms with Crippen molar-refractivity contribution >= 4 is 5.91 Å². The van der Waals surface area contributed by atoms with Crippen molar-refractivity contribution in [3.05, 3.63) is 35.9 Å². The minimum absolute atomic E-state index is 0.0483. The van der Waals surface area contributed by atoms with Gasteiger partial charge in [-0.1, -0.05) is 56.5 Å². The van der Waals surface area contributed by atoms with Crippen molar-refractivity contribution in [2.75, 3.05) is 0 Å². The molecule has 0 bridgehead atoms. The third kappa shape index (κ3) is 6.39. The normalized spacial score (nSPS) is 13.8. The molecular formula is C16H26N2O. The van der Waals surface area contributed by atoms with Crippen LogP contribution < -0.4 is 11.1 Å². The third-order valence-corrected chi connectivity index (χ3v) is 3.26. The van der Waals surface area contributed by atoms with E-state index in [0.29, 0.717) is 6.42 Å². The van der Waals surface area contributed by atoms with Crippen molar-refractivity contribution in [3.8, 4) is 0 Å². The van der Waals surface area contributed by atoms with E-state index in [-0.39, 0.29) is 11.9 Å². The number of unbranched alkanes of at least 4 members (excludes halogenated alkanes) is 2. The second-order valence-corrected chi connectivity index (χ2v) is 5.20. The standard InChI is InChI=1S/C16H26N2O/c1-3-4-6-9-13(2)18-16(19)15(17)12-14-10-7-5-8-11-14/h5,7-8,10-11,13,15H,3-4,6,9,12,17H2,1-2H3,(H,18,19)/t13?,15-/m1/s1. The monoisotopic (exact) mass is 262 g/mol. The number of hydrogen-bond donors (Lipinski definition) is 2. The van der Waals surface area contributed by atoms with E-state index in [2.05, 4.69) is 12.2 Å². The lowest BCUT2D eigenvalue weighted by Crippen LogP contribution is -2.45. The SMILES string of the molecule is CCCCCC(C)NC(=O)[C@H](N)Cc1ccccc1. The highest BCUT2D eigenvalue weighted by Crippen LogP contribution is 2.05. The van der Waals surface area contributed by atoms with Crippen molar-refractivity contribution in [1.82, 2.24) is 5.32 Å². The van der Waals surface area contributed by atoms with E-state index in [1.165, 1.54) is 12.8 Å². The van der Waals surface area contributed by atoms with Gasteiger partial charge < -0.3 is 11.1 Å². The molecule has 1 rings (SSSR count). The molecule has 1 aromatic carbocycles. The zero-order valence-electron chi connectivity index (χ0n) is 12.1. The van der Waals surface area contributed by atoms with Crippen LogP contribution in [0.25, 0.3) is 0 Å². The molecule has 0 aliphatic heterocycles.